The highest BCUT2D eigenvalue weighted by Gasteiger charge is 2.32. The molecule has 24 heavy (non-hydrogen) atoms. The molecule has 2 aromatic rings. The lowest BCUT2D eigenvalue weighted by Crippen LogP contribution is -2.31. The van der Waals surface area contributed by atoms with E-state index < -0.39 is 12.1 Å². The molecule has 2 aromatic carbocycles. The fourth-order valence-corrected chi connectivity index (χ4v) is 3.44. The molecule has 0 amide bonds. The first-order chi connectivity index (χ1) is 11.5. The maximum Gasteiger partial charge on any atom is 0.305 e. The van der Waals surface area contributed by atoms with Crippen LogP contribution in [0.25, 0.3) is 0 Å². The Labute approximate surface area is 142 Å². The van der Waals surface area contributed by atoms with E-state index >= 15 is 0 Å². The molecular formula is C20H23NO3. The molecule has 1 saturated heterocycles. The number of benzene rings is 2. The number of aryl methyl sites for hydroxylation is 1. The molecule has 3 rings (SSSR count). The van der Waals surface area contributed by atoms with Gasteiger partial charge >= 0.3 is 5.97 Å². The third-order valence-electron chi connectivity index (χ3n) is 4.73. The van der Waals surface area contributed by atoms with E-state index in [4.69, 9.17) is 5.11 Å². The molecule has 0 aliphatic carbocycles. The van der Waals surface area contributed by atoms with Gasteiger partial charge in [-0.2, -0.15) is 0 Å². The molecule has 0 aromatic heterocycles. The fraction of sp³-hybridized carbons (Fsp3) is 0.350. The number of aliphatic hydroxyl groups excluding tert-OH is 1. The number of hydrogen-bond acceptors (Lipinski definition) is 3. The van der Waals surface area contributed by atoms with Crippen LogP contribution < -0.4 is 4.90 Å². The van der Waals surface area contributed by atoms with Crippen molar-refractivity contribution >= 4 is 11.7 Å². The van der Waals surface area contributed by atoms with Crippen molar-refractivity contribution in [3.05, 3.63) is 65.2 Å². The lowest BCUT2D eigenvalue weighted by atomic mass is 10.0. The van der Waals surface area contributed by atoms with Crippen molar-refractivity contribution < 1.29 is 15.0 Å². The van der Waals surface area contributed by atoms with Gasteiger partial charge in [0.15, 0.2) is 0 Å². The zero-order chi connectivity index (χ0) is 17.1. The van der Waals surface area contributed by atoms with Gasteiger partial charge in [0.05, 0.1) is 12.5 Å². The largest absolute Gasteiger partial charge is 0.481 e. The number of nitrogens with zero attached hydrogens (tertiary/aromatic N) is 1. The van der Waals surface area contributed by atoms with E-state index in [1.54, 1.807) is 0 Å². The van der Waals surface area contributed by atoms with Gasteiger partial charge in [-0.15, -0.1) is 0 Å². The number of rotatable bonds is 5. The first-order valence-corrected chi connectivity index (χ1v) is 8.33. The fourth-order valence-electron chi connectivity index (χ4n) is 3.44. The predicted molar refractivity (Wildman–Crippen MR) is 94.4 cm³/mol. The summed E-state index contributed by atoms with van der Waals surface area (Å²) in [5.74, 6) is -0.824. The van der Waals surface area contributed by atoms with E-state index in [0.29, 0.717) is 13.0 Å². The van der Waals surface area contributed by atoms with Crippen LogP contribution in [0.3, 0.4) is 0 Å². The third kappa shape index (κ3) is 3.77. The minimum absolute atomic E-state index is 0.0576. The van der Waals surface area contributed by atoms with E-state index in [0.717, 1.165) is 12.1 Å². The van der Waals surface area contributed by atoms with Gasteiger partial charge in [-0.1, -0.05) is 36.4 Å². The van der Waals surface area contributed by atoms with E-state index in [1.165, 1.54) is 16.7 Å². The van der Waals surface area contributed by atoms with Crippen LogP contribution in [0.5, 0.6) is 0 Å². The van der Waals surface area contributed by atoms with Crippen molar-refractivity contribution in [2.24, 2.45) is 0 Å². The Balaban J connectivity index is 1.74. The summed E-state index contributed by atoms with van der Waals surface area (Å²) in [4.78, 5) is 13.0. The molecule has 1 fully saturated rings. The first-order valence-electron chi connectivity index (χ1n) is 8.33. The van der Waals surface area contributed by atoms with E-state index in [2.05, 4.69) is 37.3 Å². The van der Waals surface area contributed by atoms with Crippen molar-refractivity contribution in [1.82, 2.24) is 0 Å². The summed E-state index contributed by atoms with van der Waals surface area (Å²) in [6.45, 7) is 2.61. The maximum atomic E-state index is 11.0. The predicted octanol–water partition coefficient (Wildman–Crippen LogP) is 3.00. The normalized spacial score (nSPS) is 20.3. The second-order valence-corrected chi connectivity index (χ2v) is 6.56. The molecule has 4 heteroatoms. The molecule has 0 bridgehead atoms. The average Bonchev–Trinajstić information content (AvgIpc) is 2.90. The lowest BCUT2D eigenvalue weighted by molar-refractivity contribution is -0.137. The number of anilines is 1. The van der Waals surface area contributed by atoms with Gasteiger partial charge < -0.3 is 15.1 Å². The smallest absolute Gasteiger partial charge is 0.305 e. The molecule has 0 unspecified atom stereocenters. The van der Waals surface area contributed by atoms with Crippen LogP contribution in [0.15, 0.2) is 48.5 Å². The van der Waals surface area contributed by atoms with Gasteiger partial charge in [0, 0.05) is 18.3 Å². The monoisotopic (exact) mass is 325 g/mol. The van der Waals surface area contributed by atoms with Gasteiger partial charge in [-0.3, -0.25) is 4.79 Å². The number of β-amino-alcohol motifs (C(OH)–C–C–N with tert-alkyl or cyclic N) is 1. The van der Waals surface area contributed by atoms with E-state index in [9.17, 15) is 9.90 Å². The van der Waals surface area contributed by atoms with Crippen LogP contribution in [-0.4, -0.2) is 34.9 Å². The van der Waals surface area contributed by atoms with Crippen molar-refractivity contribution in [3.63, 3.8) is 0 Å². The number of carboxylic acid groups (broad SMARTS) is 1. The minimum Gasteiger partial charge on any atom is -0.481 e. The molecule has 1 aliphatic heterocycles. The topological polar surface area (TPSA) is 60.8 Å². The van der Waals surface area contributed by atoms with Crippen molar-refractivity contribution in [2.75, 3.05) is 11.4 Å². The first kappa shape index (κ1) is 16.5. The summed E-state index contributed by atoms with van der Waals surface area (Å²) in [7, 11) is 0. The molecule has 1 aliphatic rings. The molecule has 2 atom stereocenters. The van der Waals surface area contributed by atoms with Crippen LogP contribution in [0.2, 0.25) is 0 Å². The highest BCUT2D eigenvalue weighted by Crippen LogP contribution is 2.28. The average molecular weight is 325 g/mol. The Morgan fingerprint density at radius 2 is 1.88 bits per heavy atom. The minimum atomic E-state index is -0.824. The van der Waals surface area contributed by atoms with Gasteiger partial charge in [0.2, 0.25) is 0 Å². The summed E-state index contributed by atoms with van der Waals surface area (Å²) >= 11 is 0. The van der Waals surface area contributed by atoms with Crippen LogP contribution in [-0.2, 0) is 11.2 Å². The van der Waals surface area contributed by atoms with E-state index in [1.807, 2.05) is 23.1 Å². The van der Waals surface area contributed by atoms with Crippen LogP contribution >= 0.6 is 0 Å². The molecular weight excluding hydrogens is 302 g/mol. The molecule has 126 valence electrons. The second kappa shape index (κ2) is 7.05. The molecule has 4 nitrogen and oxygen atoms in total. The van der Waals surface area contributed by atoms with Crippen molar-refractivity contribution in [1.29, 1.82) is 0 Å². The Morgan fingerprint density at radius 1 is 1.17 bits per heavy atom. The quantitative estimate of drug-likeness (QED) is 0.887. The number of aliphatic hydroxyl groups is 1. The lowest BCUT2D eigenvalue weighted by Gasteiger charge is -2.25. The number of carbonyl (C=O) groups is 1. The zero-order valence-electron chi connectivity index (χ0n) is 13.9. The Hall–Kier alpha value is -2.33. The Kier molecular flexibility index (Phi) is 4.86. The van der Waals surface area contributed by atoms with Gasteiger partial charge in [0.25, 0.3) is 0 Å². The third-order valence-corrected chi connectivity index (χ3v) is 4.73. The van der Waals surface area contributed by atoms with Gasteiger partial charge in [-0.25, -0.2) is 0 Å². The molecule has 0 saturated carbocycles. The number of hydrogen-bond donors (Lipinski definition) is 2. The highest BCUT2D eigenvalue weighted by atomic mass is 16.4. The van der Waals surface area contributed by atoms with Crippen LogP contribution in [0.1, 0.15) is 29.5 Å². The van der Waals surface area contributed by atoms with Crippen molar-refractivity contribution in [3.8, 4) is 0 Å². The maximum absolute atomic E-state index is 11.0. The molecule has 2 N–H and O–H groups in total. The van der Waals surface area contributed by atoms with Gasteiger partial charge in [-0.05, 0) is 48.6 Å². The van der Waals surface area contributed by atoms with E-state index in [-0.39, 0.29) is 12.5 Å². The highest BCUT2D eigenvalue weighted by molar-refractivity contribution is 5.69. The summed E-state index contributed by atoms with van der Waals surface area (Å²) in [5.41, 5.74) is 4.80. The van der Waals surface area contributed by atoms with Crippen LogP contribution in [0, 0.1) is 6.92 Å². The summed E-state index contributed by atoms with van der Waals surface area (Å²) in [6, 6.07) is 16.5. The molecule has 1 heterocycles. The Bertz CT molecular complexity index is 711. The SMILES string of the molecule is Cc1ccccc1Cc1ccc(N2C[C@H](O)C[C@H]2CC(=O)O)cc1. The number of carboxylic acids is 1. The number of aliphatic carboxylic acids is 1. The summed E-state index contributed by atoms with van der Waals surface area (Å²) in [6.07, 6.45) is 0.994. The van der Waals surface area contributed by atoms with Gasteiger partial charge in [0.1, 0.15) is 0 Å². The molecule has 0 spiro atoms. The van der Waals surface area contributed by atoms with Crippen LogP contribution in [0.4, 0.5) is 5.69 Å². The Morgan fingerprint density at radius 3 is 2.54 bits per heavy atom. The summed E-state index contributed by atoms with van der Waals surface area (Å²) < 4.78 is 0. The zero-order valence-corrected chi connectivity index (χ0v) is 13.9. The van der Waals surface area contributed by atoms with Crippen molar-refractivity contribution in [2.45, 2.75) is 38.3 Å². The standard InChI is InChI=1S/C20H23NO3/c1-14-4-2-3-5-16(14)10-15-6-8-17(9-7-15)21-13-19(22)11-18(21)12-20(23)24/h2-9,18-19,22H,10-13H2,1H3,(H,23,24)/t18-,19+/m0/s1. The second-order valence-electron chi connectivity index (χ2n) is 6.56. The summed E-state index contributed by atoms with van der Waals surface area (Å²) in [5, 5.41) is 18.9. The molecule has 0 radical (unpaired) electrons.